The second-order valence-electron chi connectivity index (χ2n) is 4.76. The first kappa shape index (κ1) is 11.8. The van der Waals surface area contributed by atoms with Crippen molar-refractivity contribution < 1.29 is 4.74 Å². The zero-order chi connectivity index (χ0) is 13.2. The lowest BCUT2D eigenvalue weighted by molar-refractivity contribution is 0.410. The van der Waals surface area contributed by atoms with E-state index in [0.29, 0.717) is 0 Å². The molecular formula is C17H17NO. The van der Waals surface area contributed by atoms with E-state index in [2.05, 4.69) is 48.3 Å². The van der Waals surface area contributed by atoms with E-state index in [-0.39, 0.29) is 0 Å². The molecule has 0 aliphatic carbocycles. The predicted octanol–water partition coefficient (Wildman–Crippen LogP) is 4.08. The van der Waals surface area contributed by atoms with E-state index in [4.69, 9.17) is 4.74 Å². The van der Waals surface area contributed by atoms with Gasteiger partial charge in [-0.25, -0.2) is 0 Å². The van der Waals surface area contributed by atoms with Gasteiger partial charge in [-0.1, -0.05) is 36.4 Å². The normalized spacial score (nSPS) is 10.8. The molecule has 0 saturated carbocycles. The monoisotopic (exact) mass is 251 g/mol. The minimum atomic E-state index is 0.866. The summed E-state index contributed by atoms with van der Waals surface area (Å²) in [4.78, 5) is 3.51. The van der Waals surface area contributed by atoms with Crippen molar-refractivity contribution in [2.45, 2.75) is 13.3 Å². The number of aromatic nitrogens is 1. The number of aryl methyl sites for hydroxylation is 1. The number of fused-ring (bicyclic) bond motifs is 1. The summed E-state index contributed by atoms with van der Waals surface area (Å²) < 4.78 is 5.42. The highest BCUT2D eigenvalue weighted by molar-refractivity contribution is 5.84. The number of ether oxygens (including phenoxy) is 1. The molecule has 19 heavy (non-hydrogen) atoms. The Morgan fingerprint density at radius 2 is 1.74 bits per heavy atom. The molecule has 0 radical (unpaired) electrons. The molecule has 0 unspecified atom stereocenters. The van der Waals surface area contributed by atoms with Crippen molar-refractivity contribution in [3.05, 3.63) is 65.4 Å². The highest BCUT2D eigenvalue weighted by atomic mass is 16.5. The predicted molar refractivity (Wildman–Crippen MR) is 78.8 cm³/mol. The minimum absolute atomic E-state index is 0.866. The molecule has 1 N–H and O–H groups in total. The van der Waals surface area contributed by atoms with Gasteiger partial charge < -0.3 is 9.72 Å². The molecule has 0 atom stereocenters. The summed E-state index contributed by atoms with van der Waals surface area (Å²) in [6.45, 7) is 2.17. The van der Waals surface area contributed by atoms with Crippen LogP contribution in [0, 0.1) is 6.92 Å². The van der Waals surface area contributed by atoms with E-state index in [1.165, 1.54) is 27.7 Å². The lowest BCUT2D eigenvalue weighted by Crippen LogP contribution is -1.95. The van der Waals surface area contributed by atoms with Gasteiger partial charge in [0.2, 0.25) is 0 Å². The smallest absolute Gasteiger partial charge is 0.122 e. The van der Waals surface area contributed by atoms with E-state index in [0.717, 1.165) is 12.2 Å². The Kier molecular flexibility index (Phi) is 3.00. The van der Waals surface area contributed by atoms with Crippen molar-refractivity contribution in [1.82, 2.24) is 4.98 Å². The quantitative estimate of drug-likeness (QED) is 0.745. The highest BCUT2D eigenvalue weighted by Gasteiger charge is 2.09. The van der Waals surface area contributed by atoms with Crippen LogP contribution in [0.1, 0.15) is 16.8 Å². The summed E-state index contributed by atoms with van der Waals surface area (Å²) in [5.41, 5.74) is 4.98. The fourth-order valence-corrected chi connectivity index (χ4v) is 2.55. The molecule has 3 rings (SSSR count). The van der Waals surface area contributed by atoms with Crippen LogP contribution in [0.25, 0.3) is 10.9 Å². The van der Waals surface area contributed by atoms with Gasteiger partial charge in [0.05, 0.1) is 7.11 Å². The van der Waals surface area contributed by atoms with Gasteiger partial charge >= 0.3 is 0 Å². The number of aromatic amines is 1. The number of methoxy groups -OCH3 is 1. The van der Waals surface area contributed by atoms with Crippen LogP contribution in [0.3, 0.4) is 0 Å². The topological polar surface area (TPSA) is 25.0 Å². The van der Waals surface area contributed by atoms with Crippen LogP contribution in [-0.4, -0.2) is 12.1 Å². The largest absolute Gasteiger partial charge is 0.496 e. The SMILES string of the molecule is COc1ccccc1Cc1[nH]c2ccccc2c1C. The molecule has 0 amide bonds. The zero-order valence-electron chi connectivity index (χ0n) is 11.2. The van der Waals surface area contributed by atoms with Crippen molar-refractivity contribution in [3.63, 3.8) is 0 Å². The lowest BCUT2D eigenvalue weighted by atomic mass is 10.1. The van der Waals surface area contributed by atoms with Crippen molar-refractivity contribution >= 4 is 10.9 Å². The Hall–Kier alpha value is -2.22. The number of para-hydroxylation sites is 2. The second kappa shape index (κ2) is 4.81. The van der Waals surface area contributed by atoms with E-state index in [1.807, 2.05) is 12.1 Å². The number of rotatable bonds is 3. The average Bonchev–Trinajstić information content (AvgIpc) is 2.77. The maximum atomic E-state index is 5.42. The third-order valence-corrected chi connectivity index (χ3v) is 3.63. The number of H-pyrrole nitrogens is 1. The van der Waals surface area contributed by atoms with Gasteiger partial charge in [-0.05, 0) is 30.2 Å². The summed E-state index contributed by atoms with van der Waals surface area (Å²) in [7, 11) is 1.72. The first-order valence-electron chi connectivity index (χ1n) is 6.47. The Morgan fingerprint density at radius 3 is 2.53 bits per heavy atom. The summed E-state index contributed by atoms with van der Waals surface area (Å²) >= 11 is 0. The van der Waals surface area contributed by atoms with Crippen LogP contribution >= 0.6 is 0 Å². The molecular weight excluding hydrogens is 234 g/mol. The number of nitrogens with one attached hydrogen (secondary N) is 1. The van der Waals surface area contributed by atoms with Crippen LogP contribution < -0.4 is 4.74 Å². The maximum Gasteiger partial charge on any atom is 0.122 e. The molecule has 0 bridgehead atoms. The molecule has 0 aliphatic rings. The minimum Gasteiger partial charge on any atom is -0.496 e. The molecule has 0 saturated heterocycles. The third-order valence-electron chi connectivity index (χ3n) is 3.63. The van der Waals surface area contributed by atoms with Gasteiger partial charge in [-0.3, -0.25) is 0 Å². The zero-order valence-corrected chi connectivity index (χ0v) is 11.2. The molecule has 1 heterocycles. The number of hydrogen-bond donors (Lipinski definition) is 1. The molecule has 3 aromatic rings. The summed E-state index contributed by atoms with van der Waals surface area (Å²) in [5, 5.41) is 1.30. The van der Waals surface area contributed by atoms with Gasteiger partial charge in [0.1, 0.15) is 5.75 Å². The van der Waals surface area contributed by atoms with E-state index < -0.39 is 0 Å². The van der Waals surface area contributed by atoms with E-state index in [9.17, 15) is 0 Å². The Balaban J connectivity index is 2.03. The first-order chi connectivity index (χ1) is 9.29. The Morgan fingerprint density at radius 1 is 1.00 bits per heavy atom. The van der Waals surface area contributed by atoms with Crippen LogP contribution in [0.5, 0.6) is 5.75 Å². The summed E-state index contributed by atoms with van der Waals surface area (Å²) in [5.74, 6) is 0.945. The van der Waals surface area contributed by atoms with E-state index >= 15 is 0 Å². The fourth-order valence-electron chi connectivity index (χ4n) is 2.55. The lowest BCUT2D eigenvalue weighted by Gasteiger charge is -2.07. The van der Waals surface area contributed by atoms with Crippen molar-refractivity contribution in [2.75, 3.05) is 7.11 Å². The van der Waals surface area contributed by atoms with Crippen LogP contribution in [0.4, 0.5) is 0 Å². The summed E-state index contributed by atoms with van der Waals surface area (Å²) in [6, 6.07) is 16.6. The molecule has 2 heteroatoms. The standard InChI is InChI=1S/C17H17NO/c1-12-14-8-4-5-9-15(14)18-16(12)11-13-7-3-6-10-17(13)19-2/h3-10,18H,11H2,1-2H3. The number of hydrogen-bond acceptors (Lipinski definition) is 1. The van der Waals surface area contributed by atoms with Gasteiger partial charge in [-0.2, -0.15) is 0 Å². The molecule has 1 aromatic heterocycles. The summed E-state index contributed by atoms with van der Waals surface area (Å²) in [6.07, 6.45) is 0.866. The van der Waals surface area contributed by atoms with E-state index in [1.54, 1.807) is 7.11 Å². The van der Waals surface area contributed by atoms with Crippen LogP contribution in [0.15, 0.2) is 48.5 Å². The Labute approximate surface area is 113 Å². The Bertz CT molecular complexity index is 712. The van der Waals surface area contributed by atoms with Crippen LogP contribution in [-0.2, 0) is 6.42 Å². The van der Waals surface area contributed by atoms with Gasteiger partial charge in [0.15, 0.2) is 0 Å². The molecule has 2 aromatic carbocycles. The highest BCUT2D eigenvalue weighted by Crippen LogP contribution is 2.26. The molecule has 96 valence electrons. The molecule has 0 fully saturated rings. The van der Waals surface area contributed by atoms with Gasteiger partial charge in [0.25, 0.3) is 0 Å². The molecule has 0 spiro atoms. The molecule has 0 aliphatic heterocycles. The van der Waals surface area contributed by atoms with Crippen molar-refractivity contribution in [1.29, 1.82) is 0 Å². The second-order valence-corrected chi connectivity index (χ2v) is 4.76. The maximum absolute atomic E-state index is 5.42. The number of benzene rings is 2. The fraction of sp³-hybridized carbons (Fsp3) is 0.176. The average molecular weight is 251 g/mol. The molecule has 2 nitrogen and oxygen atoms in total. The first-order valence-corrected chi connectivity index (χ1v) is 6.47. The van der Waals surface area contributed by atoms with Crippen LogP contribution in [0.2, 0.25) is 0 Å². The van der Waals surface area contributed by atoms with Crippen molar-refractivity contribution in [3.8, 4) is 5.75 Å². The van der Waals surface area contributed by atoms with Crippen molar-refractivity contribution in [2.24, 2.45) is 0 Å². The van der Waals surface area contributed by atoms with Gasteiger partial charge in [0, 0.05) is 23.0 Å². The third kappa shape index (κ3) is 2.10. The van der Waals surface area contributed by atoms with Gasteiger partial charge in [-0.15, -0.1) is 0 Å².